The molecule has 5 nitrogen and oxygen atoms in total. The standard InChI is InChI=1S/C19H29BrN2O3/c1-19(2,3)25-18(23)22-10-6-5-7-16(13-22)21-12-14-11-15(20)8-9-17(14)24-4/h8-9,11,16,21H,5-7,10,12-13H2,1-4H3. The first-order chi connectivity index (χ1) is 11.8. The maximum absolute atomic E-state index is 12.4. The molecule has 25 heavy (non-hydrogen) atoms. The Balaban J connectivity index is 1.97. The Morgan fingerprint density at radius 3 is 2.80 bits per heavy atom. The van der Waals surface area contributed by atoms with E-state index in [-0.39, 0.29) is 12.1 Å². The van der Waals surface area contributed by atoms with E-state index in [2.05, 4.69) is 27.3 Å². The molecule has 1 atom stereocenters. The largest absolute Gasteiger partial charge is 0.496 e. The Morgan fingerprint density at radius 2 is 2.12 bits per heavy atom. The van der Waals surface area contributed by atoms with Gasteiger partial charge >= 0.3 is 6.09 Å². The molecule has 1 heterocycles. The molecule has 0 bridgehead atoms. The fourth-order valence-electron chi connectivity index (χ4n) is 2.94. The lowest BCUT2D eigenvalue weighted by Crippen LogP contribution is -2.44. The molecule has 1 aromatic carbocycles. The fraction of sp³-hybridized carbons (Fsp3) is 0.632. The van der Waals surface area contributed by atoms with Crippen molar-refractivity contribution < 1.29 is 14.3 Å². The monoisotopic (exact) mass is 412 g/mol. The summed E-state index contributed by atoms with van der Waals surface area (Å²) in [6.07, 6.45) is 2.95. The summed E-state index contributed by atoms with van der Waals surface area (Å²) in [7, 11) is 1.68. The molecule has 1 unspecified atom stereocenters. The quantitative estimate of drug-likeness (QED) is 0.798. The lowest BCUT2D eigenvalue weighted by atomic mass is 10.1. The summed E-state index contributed by atoms with van der Waals surface area (Å²) < 4.78 is 12.0. The second-order valence-electron chi connectivity index (χ2n) is 7.46. The Bertz CT molecular complexity index is 587. The van der Waals surface area contributed by atoms with Gasteiger partial charge in [0, 0.05) is 35.7 Å². The molecule has 1 aromatic rings. The highest BCUT2D eigenvalue weighted by Gasteiger charge is 2.26. The minimum atomic E-state index is -0.462. The summed E-state index contributed by atoms with van der Waals surface area (Å²) >= 11 is 3.51. The SMILES string of the molecule is COc1ccc(Br)cc1CNC1CCCCN(C(=O)OC(C)(C)C)C1. The van der Waals surface area contributed by atoms with Gasteiger partial charge in [-0.25, -0.2) is 4.79 Å². The van der Waals surface area contributed by atoms with E-state index in [9.17, 15) is 4.79 Å². The molecule has 0 aromatic heterocycles. The molecule has 0 spiro atoms. The number of methoxy groups -OCH3 is 1. The van der Waals surface area contributed by atoms with E-state index in [0.717, 1.165) is 41.6 Å². The van der Waals surface area contributed by atoms with Crippen LogP contribution in [-0.2, 0) is 11.3 Å². The van der Waals surface area contributed by atoms with Crippen LogP contribution in [0.5, 0.6) is 5.75 Å². The third-order valence-corrected chi connectivity index (χ3v) is 4.64. The highest BCUT2D eigenvalue weighted by atomic mass is 79.9. The number of nitrogens with zero attached hydrogens (tertiary/aromatic N) is 1. The van der Waals surface area contributed by atoms with Gasteiger partial charge < -0.3 is 19.7 Å². The van der Waals surface area contributed by atoms with E-state index in [1.54, 1.807) is 7.11 Å². The number of carbonyl (C=O) groups is 1. The van der Waals surface area contributed by atoms with Gasteiger partial charge in [0.1, 0.15) is 11.4 Å². The van der Waals surface area contributed by atoms with Crippen molar-refractivity contribution in [2.45, 2.75) is 58.2 Å². The molecule has 1 N–H and O–H groups in total. The van der Waals surface area contributed by atoms with Crippen molar-refractivity contribution in [1.82, 2.24) is 10.2 Å². The molecular weight excluding hydrogens is 384 g/mol. The summed E-state index contributed by atoms with van der Waals surface area (Å²) in [5.74, 6) is 0.869. The molecular formula is C19H29BrN2O3. The molecule has 140 valence electrons. The van der Waals surface area contributed by atoms with E-state index >= 15 is 0 Å². The van der Waals surface area contributed by atoms with Gasteiger partial charge in [-0.2, -0.15) is 0 Å². The van der Waals surface area contributed by atoms with Crippen LogP contribution in [-0.4, -0.2) is 42.8 Å². The molecule has 0 saturated carbocycles. The number of likely N-dealkylation sites (tertiary alicyclic amines) is 1. The maximum Gasteiger partial charge on any atom is 0.410 e. The smallest absolute Gasteiger partial charge is 0.410 e. The minimum Gasteiger partial charge on any atom is -0.496 e. The Kier molecular flexibility index (Phi) is 7.14. The average molecular weight is 413 g/mol. The zero-order chi connectivity index (χ0) is 18.4. The molecule has 2 rings (SSSR count). The van der Waals surface area contributed by atoms with E-state index in [4.69, 9.17) is 9.47 Å². The average Bonchev–Trinajstić information content (AvgIpc) is 2.77. The third-order valence-electron chi connectivity index (χ3n) is 4.15. The predicted octanol–water partition coefficient (Wildman–Crippen LogP) is 4.34. The van der Waals surface area contributed by atoms with Crippen LogP contribution >= 0.6 is 15.9 Å². The summed E-state index contributed by atoms with van der Waals surface area (Å²) in [5, 5.41) is 3.58. The third kappa shape index (κ3) is 6.51. The highest BCUT2D eigenvalue weighted by Crippen LogP contribution is 2.23. The Hall–Kier alpha value is -1.27. The van der Waals surface area contributed by atoms with Gasteiger partial charge in [-0.15, -0.1) is 0 Å². The van der Waals surface area contributed by atoms with Crippen LogP contribution in [0.1, 0.15) is 45.6 Å². The van der Waals surface area contributed by atoms with Crippen LogP contribution in [0.25, 0.3) is 0 Å². The van der Waals surface area contributed by atoms with Gasteiger partial charge in [-0.05, 0) is 51.8 Å². The van der Waals surface area contributed by atoms with Gasteiger partial charge in [0.15, 0.2) is 0 Å². The van der Waals surface area contributed by atoms with E-state index in [1.807, 2.05) is 37.8 Å². The summed E-state index contributed by atoms with van der Waals surface area (Å²) in [6, 6.07) is 6.24. The number of halogens is 1. The lowest BCUT2D eigenvalue weighted by molar-refractivity contribution is 0.0243. The fourth-order valence-corrected chi connectivity index (χ4v) is 3.35. The molecule has 1 aliphatic heterocycles. The van der Waals surface area contributed by atoms with Crippen molar-refractivity contribution in [2.24, 2.45) is 0 Å². The second kappa shape index (κ2) is 8.90. The summed E-state index contributed by atoms with van der Waals surface area (Å²) in [6.45, 7) is 7.84. The van der Waals surface area contributed by atoms with Gasteiger partial charge in [-0.3, -0.25) is 0 Å². The summed E-state index contributed by atoms with van der Waals surface area (Å²) in [5.41, 5.74) is 0.639. The molecule has 1 fully saturated rings. The van der Waals surface area contributed by atoms with Gasteiger partial charge in [0.25, 0.3) is 0 Å². The number of hydrogen-bond donors (Lipinski definition) is 1. The second-order valence-corrected chi connectivity index (χ2v) is 8.37. The maximum atomic E-state index is 12.4. The van der Waals surface area contributed by atoms with Crippen LogP contribution in [0.3, 0.4) is 0 Å². The van der Waals surface area contributed by atoms with Crippen LogP contribution in [0.4, 0.5) is 4.79 Å². The molecule has 1 saturated heterocycles. The lowest BCUT2D eigenvalue weighted by Gasteiger charge is -2.28. The van der Waals surface area contributed by atoms with Crippen molar-refractivity contribution in [3.63, 3.8) is 0 Å². The summed E-state index contributed by atoms with van der Waals surface area (Å²) in [4.78, 5) is 14.2. The van der Waals surface area contributed by atoms with Crippen LogP contribution in [0, 0.1) is 0 Å². The first-order valence-electron chi connectivity index (χ1n) is 8.82. The van der Waals surface area contributed by atoms with E-state index in [0.29, 0.717) is 13.1 Å². The van der Waals surface area contributed by atoms with Crippen molar-refractivity contribution >= 4 is 22.0 Å². The van der Waals surface area contributed by atoms with E-state index in [1.165, 1.54) is 0 Å². The Labute approximate surface area is 159 Å². The first kappa shape index (κ1) is 20.0. The zero-order valence-corrected chi connectivity index (χ0v) is 17.2. The van der Waals surface area contributed by atoms with Gasteiger partial charge in [0.05, 0.1) is 7.11 Å². The normalized spacial score (nSPS) is 18.6. The van der Waals surface area contributed by atoms with Crippen LogP contribution in [0.15, 0.2) is 22.7 Å². The number of amides is 1. The minimum absolute atomic E-state index is 0.221. The van der Waals surface area contributed by atoms with E-state index < -0.39 is 5.60 Å². The molecule has 0 aliphatic carbocycles. The first-order valence-corrected chi connectivity index (χ1v) is 9.61. The van der Waals surface area contributed by atoms with Crippen LogP contribution < -0.4 is 10.1 Å². The van der Waals surface area contributed by atoms with Gasteiger partial charge in [-0.1, -0.05) is 22.4 Å². The number of hydrogen-bond acceptors (Lipinski definition) is 4. The van der Waals surface area contributed by atoms with Crippen molar-refractivity contribution in [2.75, 3.05) is 20.2 Å². The number of ether oxygens (including phenoxy) is 2. The van der Waals surface area contributed by atoms with Crippen LogP contribution in [0.2, 0.25) is 0 Å². The molecule has 1 amide bonds. The number of benzene rings is 1. The van der Waals surface area contributed by atoms with Crippen molar-refractivity contribution in [3.05, 3.63) is 28.2 Å². The number of carbonyl (C=O) groups excluding carboxylic acids is 1. The zero-order valence-electron chi connectivity index (χ0n) is 15.6. The molecule has 1 aliphatic rings. The topological polar surface area (TPSA) is 50.8 Å². The molecule has 0 radical (unpaired) electrons. The molecule has 6 heteroatoms. The number of nitrogens with one attached hydrogen (secondary N) is 1. The number of rotatable bonds is 4. The van der Waals surface area contributed by atoms with Crippen molar-refractivity contribution in [3.8, 4) is 5.75 Å². The van der Waals surface area contributed by atoms with Crippen molar-refractivity contribution in [1.29, 1.82) is 0 Å². The Morgan fingerprint density at radius 1 is 1.36 bits per heavy atom. The highest BCUT2D eigenvalue weighted by molar-refractivity contribution is 9.10. The van der Waals surface area contributed by atoms with Gasteiger partial charge in [0.2, 0.25) is 0 Å². The predicted molar refractivity (Wildman–Crippen MR) is 103 cm³/mol.